The Hall–Kier alpha value is -6.22. The van der Waals surface area contributed by atoms with E-state index in [-0.39, 0.29) is 42.0 Å². The number of amides is 2. The van der Waals surface area contributed by atoms with Crippen molar-refractivity contribution in [2.45, 2.75) is 27.1 Å². The highest BCUT2D eigenvalue weighted by molar-refractivity contribution is 6.11. The van der Waals surface area contributed by atoms with Gasteiger partial charge in [0.15, 0.2) is 0 Å². The lowest BCUT2D eigenvalue weighted by molar-refractivity contribution is 0.0473. The quantitative estimate of drug-likeness (QED) is 0.0600. The summed E-state index contributed by atoms with van der Waals surface area (Å²) in [5.74, 6) is -0.973. The van der Waals surface area contributed by atoms with E-state index in [4.69, 9.17) is 20.6 Å². The lowest BCUT2D eigenvalue weighted by atomic mass is 9.93. The maximum absolute atomic E-state index is 14.0. The number of hydrogen-bond acceptors (Lipinski definition) is 6. The van der Waals surface area contributed by atoms with Crippen molar-refractivity contribution >= 4 is 29.3 Å². The van der Waals surface area contributed by atoms with E-state index in [1.54, 1.807) is 54.6 Å². The number of nitrogens with one attached hydrogen (secondary N) is 3. The first kappa shape index (κ1) is 34.1. The number of rotatable bonds is 13. The Balaban J connectivity index is 1.48. The molecule has 5 aromatic carbocycles. The smallest absolute Gasteiger partial charge is 0.339 e. The van der Waals surface area contributed by atoms with Crippen molar-refractivity contribution in [3.05, 3.63) is 155 Å². The van der Waals surface area contributed by atoms with Gasteiger partial charge in [0.25, 0.3) is 11.8 Å². The Morgan fingerprint density at radius 2 is 1.31 bits per heavy atom. The van der Waals surface area contributed by atoms with Gasteiger partial charge >= 0.3 is 5.97 Å². The van der Waals surface area contributed by atoms with Crippen molar-refractivity contribution in [2.24, 2.45) is 11.7 Å². The van der Waals surface area contributed by atoms with Crippen molar-refractivity contribution in [2.75, 3.05) is 11.9 Å². The molecule has 0 aliphatic carbocycles. The molecular formula is C40H38N4O5. The van der Waals surface area contributed by atoms with Gasteiger partial charge in [-0.25, -0.2) is 4.79 Å². The molecule has 2 amide bonds. The van der Waals surface area contributed by atoms with E-state index in [0.717, 1.165) is 11.1 Å². The van der Waals surface area contributed by atoms with Crippen LogP contribution in [-0.2, 0) is 18.0 Å². The van der Waals surface area contributed by atoms with Gasteiger partial charge in [-0.15, -0.1) is 0 Å². The van der Waals surface area contributed by atoms with Gasteiger partial charge in [0.1, 0.15) is 24.8 Å². The molecule has 0 unspecified atom stereocenters. The molecule has 248 valence electrons. The standard InChI is InChI=1S/C40H38N4O5/c1-26(2)23-43-38(45)30-17-19-32(34(21-30)40(47)49-25-28-13-7-4-8-14-28)31-15-9-10-16-33(31)39(46)44-35-20-18-29(37(41)42)22-36(35)48-24-27-11-5-3-6-12-27/h3-22,26H,23-25H2,1-2H3,(H3,41,42)(H,43,45)(H,44,46). The lowest BCUT2D eigenvalue weighted by Gasteiger charge is -2.17. The summed E-state index contributed by atoms with van der Waals surface area (Å²) in [6.07, 6.45) is 0. The summed E-state index contributed by atoms with van der Waals surface area (Å²) in [5, 5.41) is 13.7. The largest absolute Gasteiger partial charge is 0.487 e. The van der Waals surface area contributed by atoms with Crippen LogP contribution in [0.4, 0.5) is 5.69 Å². The minimum Gasteiger partial charge on any atom is -0.487 e. The average Bonchev–Trinajstić information content (AvgIpc) is 3.12. The van der Waals surface area contributed by atoms with Crippen LogP contribution in [-0.4, -0.2) is 30.2 Å². The van der Waals surface area contributed by atoms with E-state index >= 15 is 0 Å². The zero-order valence-corrected chi connectivity index (χ0v) is 27.4. The zero-order valence-electron chi connectivity index (χ0n) is 27.4. The summed E-state index contributed by atoms with van der Waals surface area (Å²) in [7, 11) is 0. The maximum atomic E-state index is 14.0. The molecule has 0 saturated heterocycles. The minimum absolute atomic E-state index is 0.0348. The molecule has 0 atom stereocenters. The van der Waals surface area contributed by atoms with E-state index in [2.05, 4.69) is 10.6 Å². The Morgan fingerprint density at radius 3 is 1.98 bits per heavy atom. The van der Waals surface area contributed by atoms with Gasteiger partial charge < -0.3 is 25.8 Å². The van der Waals surface area contributed by atoms with Crippen LogP contribution in [0.25, 0.3) is 11.1 Å². The highest BCUT2D eigenvalue weighted by atomic mass is 16.5. The van der Waals surface area contributed by atoms with E-state index in [0.29, 0.717) is 40.2 Å². The highest BCUT2D eigenvalue weighted by Gasteiger charge is 2.22. The van der Waals surface area contributed by atoms with Crippen molar-refractivity contribution in [1.82, 2.24) is 5.32 Å². The Labute approximate surface area is 285 Å². The molecule has 0 spiro atoms. The van der Waals surface area contributed by atoms with Crippen molar-refractivity contribution < 1.29 is 23.9 Å². The summed E-state index contributed by atoms with van der Waals surface area (Å²) < 4.78 is 11.8. The summed E-state index contributed by atoms with van der Waals surface area (Å²) >= 11 is 0. The molecule has 0 heterocycles. The van der Waals surface area contributed by atoms with E-state index in [9.17, 15) is 14.4 Å². The first-order valence-corrected chi connectivity index (χ1v) is 15.9. The zero-order chi connectivity index (χ0) is 34.8. The molecule has 0 aliphatic heterocycles. The number of nitrogen functional groups attached to an aromatic ring is 1. The van der Waals surface area contributed by atoms with Crippen molar-refractivity contribution in [3.63, 3.8) is 0 Å². The Kier molecular flexibility index (Phi) is 11.2. The second-order valence-corrected chi connectivity index (χ2v) is 11.8. The van der Waals surface area contributed by atoms with Gasteiger partial charge in [0.05, 0.1) is 11.3 Å². The van der Waals surface area contributed by atoms with Gasteiger partial charge in [-0.2, -0.15) is 0 Å². The molecule has 0 aromatic heterocycles. The number of carbonyl (C=O) groups is 3. The predicted molar refractivity (Wildman–Crippen MR) is 191 cm³/mol. The van der Waals surface area contributed by atoms with Crippen LogP contribution in [0.3, 0.4) is 0 Å². The molecule has 5 rings (SSSR count). The summed E-state index contributed by atoms with van der Waals surface area (Å²) in [4.78, 5) is 40.6. The molecule has 0 saturated carbocycles. The predicted octanol–water partition coefficient (Wildman–Crippen LogP) is 7.21. The number of anilines is 1. The molecule has 9 nitrogen and oxygen atoms in total. The maximum Gasteiger partial charge on any atom is 0.339 e. The van der Waals surface area contributed by atoms with Crippen LogP contribution in [0.15, 0.2) is 121 Å². The third kappa shape index (κ3) is 8.99. The van der Waals surface area contributed by atoms with Crippen molar-refractivity contribution in [1.29, 1.82) is 5.41 Å². The molecule has 5 N–H and O–H groups in total. The van der Waals surface area contributed by atoms with Gasteiger partial charge in [-0.05, 0) is 64.6 Å². The molecule has 0 bridgehead atoms. The molecule has 0 aliphatic rings. The minimum atomic E-state index is -0.635. The normalized spacial score (nSPS) is 10.7. The number of amidine groups is 1. The fourth-order valence-corrected chi connectivity index (χ4v) is 5.04. The molecule has 5 aromatic rings. The molecular weight excluding hydrogens is 616 g/mol. The number of hydrogen-bond donors (Lipinski definition) is 4. The Morgan fingerprint density at radius 1 is 0.694 bits per heavy atom. The van der Waals surface area contributed by atoms with Crippen LogP contribution in [0.2, 0.25) is 0 Å². The topological polar surface area (TPSA) is 144 Å². The highest BCUT2D eigenvalue weighted by Crippen LogP contribution is 2.32. The molecule has 9 heteroatoms. The monoisotopic (exact) mass is 654 g/mol. The van der Waals surface area contributed by atoms with Crippen molar-refractivity contribution in [3.8, 4) is 16.9 Å². The Bertz CT molecular complexity index is 1960. The van der Waals surface area contributed by atoms with E-state index < -0.39 is 11.9 Å². The van der Waals surface area contributed by atoms with Gasteiger partial charge in [0.2, 0.25) is 0 Å². The van der Waals surface area contributed by atoms with Crippen LogP contribution < -0.4 is 21.1 Å². The molecule has 0 radical (unpaired) electrons. The number of ether oxygens (including phenoxy) is 2. The van der Waals surface area contributed by atoms with Gasteiger partial charge in [0, 0.05) is 23.2 Å². The van der Waals surface area contributed by atoms with Gasteiger partial charge in [-0.1, -0.05) is 98.8 Å². The fraction of sp³-hybridized carbons (Fsp3) is 0.150. The first-order chi connectivity index (χ1) is 23.7. The van der Waals surface area contributed by atoms with Crippen LogP contribution in [0.5, 0.6) is 5.75 Å². The number of carbonyl (C=O) groups excluding carboxylic acids is 3. The second-order valence-electron chi connectivity index (χ2n) is 11.8. The summed E-state index contributed by atoms with van der Waals surface area (Å²) in [6, 6.07) is 35.4. The number of nitrogens with two attached hydrogens (primary N) is 1. The number of benzene rings is 5. The SMILES string of the molecule is CC(C)CNC(=O)c1ccc(-c2ccccc2C(=O)Nc2ccc(C(=N)N)cc2OCc2ccccc2)c(C(=O)OCc2ccccc2)c1. The van der Waals surface area contributed by atoms with E-state index in [1.165, 1.54) is 6.07 Å². The summed E-state index contributed by atoms with van der Waals surface area (Å²) in [6.45, 7) is 4.73. The number of esters is 1. The third-order valence-corrected chi connectivity index (χ3v) is 7.63. The fourth-order valence-electron chi connectivity index (χ4n) is 5.04. The lowest BCUT2D eigenvalue weighted by Crippen LogP contribution is -2.27. The summed E-state index contributed by atoms with van der Waals surface area (Å²) in [5.41, 5.74) is 9.91. The third-order valence-electron chi connectivity index (χ3n) is 7.63. The first-order valence-electron chi connectivity index (χ1n) is 15.9. The van der Waals surface area contributed by atoms with Crippen LogP contribution in [0.1, 0.15) is 61.6 Å². The van der Waals surface area contributed by atoms with Crippen LogP contribution >= 0.6 is 0 Å². The van der Waals surface area contributed by atoms with Crippen LogP contribution in [0, 0.1) is 11.3 Å². The molecule has 0 fully saturated rings. The second kappa shape index (κ2) is 16.1. The van der Waals surface area contributed by atoms with E-state index in [1.807, 2.05) is 74.5 Å². The molecule has 49 heavy (non-hydrogen) atoms. The average molecular weight is 655 g/mol. The van der Waals surface area contributed by atoms with Gasteiger partial charge in [-0.3, -0.25) is 15.0 Å².